The number of aromatic nitrogens is 3. The lowest BCUT2D eigenvalue weighted by atomic mass is 9.98. The number of fused-ring (bicyclic) bond motifs is 12. The third-order valence-electron chi connectivity index (χ3n) is 14.0. The molecule has 1 aliphatic heterocycles. The summed E-state index contributed by atoms with van der Waals surface area (Å²) in [6.45, 7) is 0. The first-order chi connectivity index (χ1) is 31.7. The summed E-state index contributed by atoms with van der Waals surface area (Å²) in [5, 5.41) is 12.9. The Balaban J connectivity index is 0.858. The topological polar surface area (TPSA) is 30.2 Å². The Labute approximate surface area is 370 Å². The predicted octanol–water partition coefficient (Wildman–Crippen LogP) is 12.3. The average Bonchev–Trinajstić information content (AvgIpc) is 4.00. The van der Waals surface area contributed by atoms with Crippen LogP contribution in [0.25, 0.3) is 105 Å². The van der Waals surface area contributed by atoms with Gasteiger partial charge in [-0.15, -0.1) is 0 Å². The standard InChI is InChI=1S/C60H37N3Si/c1-3-13-44(14-4-1)64(45-15-5-2-6-16-45)56-22-12-9-19-48(56)49-35-42(31-34-57(49)64)38-23-25-39(26-24-38)52-32-29-40-27-28-41-30-33-53(62-59(41)58(40)61-52)43-36-50-46-17-7-10-20-54(46)63-55-21-11-8-18-47(55)51(37-43)60(50)63/h1-37H. The van der Waals surface area contributed by atoms with Gasteiger partial charge in [0.2, 0.25) is 0 Å². The minimum atomic E-state index is -2.52. The predicted molar refractivity (Wildman–Crippen MR) is 271 cm³/mol. The Bertz CT molecular complexity index is 3880. The van der Waals surface area contributed by atoms with Crippen LogP contribution in [0.4, 0.5) is 0 Å². The van der Waals surface area contributed by atoms with Crippen LogP contribution in [-0.4, -0.2) is 22.4 Å². The van der Waals surface area contributed by atoms with Crippen molar-refractivity contribution in [2.75, 3.05) is 0 Å². The zero-order valence-corrected chi connectivity index (χ0v) is 35.7. The summed E-state index contributed by atoms with van der Waals surface area (Å²) in [7, 11) is -2.52. The van der Waals surface area contributed by atoms with Gasteiger partial charge in [0, 0.05) is 43.4 Å². The van der Waals surface area contributed by atoms with Crippen molar-refractivity contribution < 1.29 is 0 Å². The van der Waals surface area contributed by atoms with Gasteiger partial charge < -0.3 is 4.40 Å². The Morgan fingerprint density at radius 2 is 0.812 bits per heavy atom. The molecule has 0 saturated carbocycles. The quantitative estimate of drug-likeness (QED) is 0.128. The third-order valence-corrected chi connectivity index (χ3v) is 18.9. The molecule has 0 unspecified atom stereocenters. The fraction of sp³-hybridized carbons (Fsp3) is 0. The van der Waals surface area contributed by atoms with Gasteiger partial charge in [-0.3, -0.25) is 0 Å². The lowest BCUT2D eigenvalue weighted by Crippen LogP contribution is -2.72. The van der Waals surface area contributed by atoms with E-state index in [1.807, 2.05) is 0 Å². The fourth-order valence-electron chi connectivity index (χ4n) is 11.1. The van der Waals surface area contributed by atoms with Gasteiger partial charge in [0.05, 0.1) is 39.0 Å². The molecule has 0 amide bonds. The van der Waals surface area contributed by atoms with Gasteiger partial charge >= 0.3 is 0 Å². The summed E-state index contributed by atoms with van der Waals surface area (Å²) >= 11 is 0. The molecule has 0 spiro atoms. The maximum atomic E-state index is 5.41. The molecule has 0 aliphatic carbocycles. The van der Waals surface area contributed by atoms with Gasteiger partial charge in [-0.1, -0.05) is 182 Å². The zero-order valence-electron chi connectivity index (χ0n) is 34.7. The minimum Gasteiger partial charge on any atom is -0.308 e. The van der Waals surface area contributed by atoms with Gasteiger partial charge in [0.25, 0.3) is 0 Å². The highest BCUT2D eigenvalue weighted by molar-refractivity contribution is 7.22. The number of nitrogens with zero attached hydrogens (tertiary/aromatic N) is 3. The molecule has 13 aromatic rings. The molecule has 0 bridgehead atoms. The molecule has 0 atom stereocenters. The summed E-state index contributed by atoms with van der Waals surface area (Å²) < 4.78 is 2.42. The molecular weight excluding hydrogens is 791 g/mol. The van der Waals surface area contributed by atoms with Gasteiger partial charge in [-0.2, -0.15) is 0 Å². The van der Waals surface area contributed by atoms with Gasteiger partial charge in [-0.25, -0.2) is 9.97 Å². The van der Waals surface area contributed by atoms with Crippen LogP contribution in [0.1, 0.15) is 0 Å². The smallest absolute Gasteiger partial charge is 0.180 e. The highest BCUT2D eigenvalue weighted by Crippen LogP contribution is 2.42. The largest absolute Gasteiger partial charge is 0.308 e. The highest BCUT2D eigenvalue weighted by Gasteiger charge is 2.48. The summed E-state index contributed by atoms with van der Waals surface area (Å²) in [6.07, 6.45) is 0. The van der Waals surface area contributed by atoms with Crippen molar-refractivity contribution in [2.45, 2.75) is 0 Å². The molecule has 0 fully saturated rings. The lowest BCUT2D eigenvalue weighted by molar-refractivity contribution is 1.36. The van der Waals surface area contributed by atoms with Gasteiger partial charge in [0.1, 0.15) is 0 Å². The average molecular weight is 828 g/mol. The maximum Gasteiger partial charge on any atom is 0.180 e. The Kier molecular flexibility index (Phi) is 7.42. The van der Waals surface area contributed by atoms with Gasteiger partial charge in [0.15, 0.2) is 8.07 Å². The fourth-order valence-corrected chi connectivity index (χ4v) is 16.3. The lowest BCUT2D eigenvalue weighted by Gasteiger charge is -2.31. The van der Waals surface area contributed by atoms with Crippen molar-refractivity contribution in [3.8, 4) is 44.8 Å². The second kappa shape index (κ2) is 13.4. The number of rotatable bonds is 5. The molecule has 4 aromatic heterocycles. The molecule has 64 heavy (non-hydrogen) atoms. The zero-order chi connectivity index (χ0) is 41.9. The van der Waals surface area contributed by atoms with E-state index in [9.17, 15) is 0 Å². The molecule has 9 aromatic carbocycles. The van der Waals surface area contributed by atoms with Crippen LogP contribution in [0.5, 0.6) is 0 Å². The van der Waals surface area contributed by atoms with E-state index in [1.165, 1.54) is 81.1 Å². The van der Waals surface area contributed by atoms with Crippen LogP contribution in [0, 0.1) is 0 Å². The molecule has 0 saturated heterocycles. The first-order valence-corrected chi connectivity index (χ1v) is 24.1. The van der Waals surface area contributed by atoms with Crippen molar-refractivity contribution in [3.63, 3.8) is 0 Å². The summed E-state index contributed by atoms with van der Waals surface area (Å²) in [6, 6.07) is 82.7. The van der Waals surface area contributed by atoms with Crippen LogP contribution in [0.3, 0.4) is 0 Å². The molecular formula is C60H37N3Si. The SMILES string of the molecule is c1ccc([Si]2(c3ccccc3)c3ccccc3-c3cc(-c4ccc(-c5ccc6ccc7ccc(-c8cc9c%10ccccc%10n%10c%11ccccc%11c(c8)c9%10)nc7c6n5)cc4)ccc32)cc1. The monoisotopic (exact) mass is 827 g/mol. The summed E-state index contributed by atoms with van der Waals surface area (Å²) in [5.74, 6) is 0. The third kappa shape index (κ3) is 4.91. The van der Waals surface area contributed by atoms with E-state index in [-0.39, 0.29) is 0 Å². The molecule has 1 aliphatic rings. The minimum absolute atomic E-state index is 0.912. The van der Waals surface area contributed by atoms with Crippen LogP contribution < -0.4 is 20.7 Å². The summed E-state index contributed by atoms with van der Waals surface area (Å²) in [5.41, 5.74) is 14.7. The van der Waals surface area contributed by atoms with Crippen molar-refractivity contribution >= 4 is 88.7 Å². The highest BCUT2D eigenvalue weighted by atomic mass is 28.3. The number of hydrogen-bond donors (Lipinski definition) is 0. The Hall–Kier alpha value is -8.18. The van der Waals surface area contributed by atoms with Crippen molar-refractivity contribution in [3.05, 3.63) is 224 Å². The Morgan fingerprint density at radius 1 is 0.328 bits per heavy atom. The first kappa shape index (κ1) is 35.4. The van der Waals surface area contributed by atoms with E-state index in [0.717, 1.165) is 44.3 Å². The number of hydrogen-bond acceptors (Lipinski definition) is 2. The maximum absolute atomic E-state index is 5.41. The van der Waals surface area contributed by atoms with Crippen LogP contribution in [-0.2, 0) is 0 Å². The van der Waals surface area contributed by atoms with E-state index in [4.69, 9.17) is 9.97 Å². The Morgan fingerprint density at radius 3 is 1.44 bits per heavy atom. The number of para-hydroxylation sites is 2. The van der Waals surface area contributed by atoms with Crippen LogP contribution in [0.2, 0.25) is 0 Å². The van der Waals surface area contributed by atoms with Crippen molar-refractivity contribution in [1.82, 2.24) is 14.4 Å². The first-order valence-electron chi connectivity index (χ1n) is 22.1. The van der Waals surface area contributed by atoms with E-state index >= 15 is 0 Å². The van der Waals surface area contributed by atoms with Gasteiger partial charge in [-0.05, 0) is 85.5 Å². The van der Waals surface area contributed by atoms with E-state index in [1.54, 1.807) is 0 Å². The number of benzene rings is 9. The van der Waals surface area contributed by atoms with E-state index < -0.39 is 8.07 Å². The second-order valence-corrected chi connectivity index (χ2v) is 21.0. The molecule has 296 valence electrons. The number of pyridine rings is 2. The van der Waals surface area contributed by atoms with E-state index in [0.29, 0.717) is 0 Å². The molecule has 5 heterocycles. The van der Waals surface area contributed by atoms with Crippen molar-refractivity contribution in [2.24, 2.45) is 0 Å². The molecule has 3 nitrogen and oxygen atoms in total. The van der Waals surface area contributed by atoms with Crippen molar-refractivity contribution in [1.29, 1.82) is 0 Å². The van der Waals surface area contributed by atoms with Crippen LogP contribution >= 0.6 is 0 Å². The molecule has 0 N–H and O–H groups in total. The normalized spacial score (nSPS) is 13.1. The van der Waals surface area contributed by atoms with E-state index in [2.05, 4.69) is 229 Å². The molecule has 0 radical (unpaired) electrons. The molecule has 4 heteroatoms. The second-order valence-electron chi connectivity index (χ2n) is 17.3. The molecule has 14 rings (SSSR count). The summed E-state index contributed by atoms with van der Waals surface area (Å²) in [4.78, 5) is 10.8. The van der Waals surface area contributed by atoms with Crippen LogP contribution in [0.15, 0.2) is 224 Å².